The molecule has 0 aromatic carbocycles. The van der Waals surface area contributed by atoms with E-state index >= 15 is 0 Å². The molecule has 0 unspecified atom stereocenters. The molecule has 0 aliphatic carbocycles. The molecule has 0 heterocycles. The second kappa shape index (κ2) is 9.83. The van der Waals surface area contributed by atoms with Crippen LogP contribution in [0.5, 0.6) is 0 Å². The molecule has 0 aliphatic heterocycles. The minimum absolute atomic E-state index is 0.205. The average molecular weight is 198 g/mol. The highest BCUT2D eigenvalue weighted by Gasteiger charge is 2.00. The molecule has 0 saturated heterocycles. The molecule has 3 nitrogen and oxygen atoms in total. The lowest BCUT2D eigenvalue weighted by Crippen LogP contribution is -2.12. The largest absolute Gasteiger partial charge is 0.379 e. The number of alkyl halides is 2. The predicted molar refractivity (Wildman–Crippen MR) is 44.1 cm³/mol. The fraction of sp³-hybridized carbons (Fsp3) is 1.00. The topological polar surface area (TPSA) is 27.7 Å². The Morgan fingerprint density at radius 3 is 2.00 bits per heavy atom. The van der Waals surface area contributed by atoms with Gasteiger partial charge in [0.25, 0.3) is 6.43 Å². The second-order valence-electron chi connectivity index (χ2n) is 2.28. The monoisotopic (exact) mass is 198 g/mol. The third-order valence-corrected chi connectivity index (χ3v) is 1.19. The van der Waals surface area contributed by atoms with Crippen molar-refractivity contribution in [3.63, 3.8) is 0 Å². The first-order valence-electron chi connectivity index (χ1n) is 4.28. The highest BCUT2D eigenvalue weighted by molar-refractivity contribution is 4.35. The molecule has 13 heavy (non-hydrogen) atoms. The van der Waals surface area contributed by atoms with Crippen LogP contribution in [0.3, 0.4) is 0 Å². The van der Waals surface area contributed by atoms with E-state index in [-0.39, 0.29) is 6.61 Å². The van der Waals surface area contributed by atoms with E-state index in [0.717, 1.165) is 0 Å². The fourth-order valence-corrected chi connectivity index (χ4v) is 0.655. The van der Waals surface area contributed by atoms with Crippen LogP contribution in [-0.2, 0) is 14.2 Å². The van der Waals surface area contributed by atoms with E-state index in [1.807, 2.05) is 6.92 Å². The summed E-state index contributed by atoms with van der Waals surface area (Å²) in [5, 5.41) is 0. The molecule has 0 aromatic rings. The van der Waals surface area contributed by atoms with Gasteiger partial charge in [-0.2, -0.15) is 0 Å². The van der Waals surface area contributed by atoms with E-state index in [9.17, 15) is 8.78 Å². The molecule has 5 heteroatoms. The van der Waals surface area contributed by atoms with Crippen molar-refractivity contribution >= 4 is 0 Å². The van der Waals surface area contributed by atoms with Crippen molar-refractivity contribution in [1.29, 1.82) is 0 Å². The summed E-state index contributed by atoms with van der Waals surface area (Å²) in [6, 6.07) is 0. The number of hydrogen-bond acceptors (Lipinski definition) is 3. The zero-order valence-corrected chi connectivity index (χ0v) is 7.80. The van der Waals surface area contributed by atoms with Crippen LogP contribution in [0.25, 0.3) is 0 Å². The maximum atomic E-state index is 11.5. The molecule has 0 aliphatic rings. The first-order chi connectivity index (χ1) is 6.27. The van der Waals surface area contributed by atoms with Crippen molar-refractivity contribution in [2.45, 2.75) is 13.3 Å². The minimum atomic E-state index is -2.40. The SMILES string of the molecule is CCOCCOCCOCC(F)F. The molecule has 0 spiro atoms. The Morgan fingerprint density at radius 1 is 0.923 bits per heavy atom. The van der Waals surface area contributed by atoms with Crippen molar-refractivity contribution in [1.82, 2.24) is 0 Å². The molecule has 0 atom stereocenters. The third kappa shape index (κ3) is 11.7. The van der Waals surface area contributed by atoms with Gasteiger partial charge in [0.15, 0.2) is 0 Å². The summed E-state index contributed by atoms with van der Waals surface area (Å²) in [6.45, 7) is 3.58. The van der Waals surface area contributed by atoms with Crippen molar-refractivity contribution in [2.75, 3.05) is 39.6 Å². The first kappa shape index (κ1) is 12.7. The van der Waals surface area contributed by atoms with Gasteiger partial charge < -0.3 is 14.2 Å². The lowest BCUT2D eigenvalue weighted by atomic mass is 10.7. The quantitative estimate of drug-likeness (QED) is 0.523. The van der Waals surface area contributed by atoms with Gasteiger partial charge in [-0.05, 0) is 6.92 Å². The highest BCUT2D eigenvalue weighted by atomic mass is 19.3. The highest BCUT2D eigenvalue weighted by Crippen LogP contribution is 1.91. The van der Waals surface area contributed by atoms with Crippen LogP contribution in [0.4, 0.5) is 8.78 Å². The molecule has 0 aromatic heterocycles. The van der Waals surface area contributed by atoms with E-state index < -0.39 is 13.0 Å². The van der Waals surface area contributed by atoms with Crippen LogP contribution < -0.4 is 0 Å². The van der Waals surface area contributed by atoms with Gasteiger partial charge in [0.1, 0.15) is 6.61 Å². The molecule has 0 fully saturated rings. The van der Waals surface area contributed by atoms with Crippen LogP contribution in [-0.4, -0.2) is 46.1 Å². The van der Waals surface area contributed by atoms with Crippen molar-refractivity contribution < 1.29 is 23.0 Å². The van der Waals surface area contributed by atoms with Crippen molar-refractivity contribution in [2.24, 2.45) is 0 Å². The molecular weight excluding hydrogens is 182 g/mol. The molecule has 0 N–H and O–H groups in total. The summed E-state index contributed by atoms with van der Waals surface area (Å²) in [4.78, 5) is 0. The Bertz CT molecular complexity index is 101. The summed E-state index contributed by atoms with van der Waals surface area (Å²) in [5.41, 5.74) is 0. The number of hydrogen-bond donors (Lipinski definition) is 0. The molecule has 0 bridgehead atoms. The third-order valence-electron chi connectivity index (χ3n) is 1.19. The molecule has 0 rings (SSSR count). The number of ether oxygens (including phenoxy) is 3. The van der Waals surface area contributed by atoms with Crippen LogP contribution in [0.15, 0.2) is 0 Å². The zero-order chi connectivity index (χ0) is 9.94. The zero-order valence-electron chi connectivity index (χ0n) is 7.80. The van der Waals surface area contributed by atoms with Crippen LogP contribution in [0.2, 0.25) is 0 Å². The standard InChI is InChI=1S/C8H16F2O3/c1-2-11-3-4-12-5-6-13-7-8(9)10/h8H,2-7H2,1H3. The van der Waals surface area contributed by atoms with Gasteiger partial charge >= 0.3 is 0 Å². The maximum absolute atomic E-state index is 11.5. The van der Waals surface area contributed by atoms with Gasteiger partial charge in [-0.3, -0.25) is 0 Å². The minimum Gasteiger partial charge on any atom is -0.379 e. The second-order valence-corrected chi connectivity index (χ2v) is 2.28. The summed E-state index contributed by atoms with van der Waals surface area (Å²) in [7, 11) is 0. The van der Waals surface area contributed by atoms with Crippen LogP contribution in [0.1, 0.15) is 6.92 Å². The Labute approximate surface area is 77.0 Å². The Morgan fingerprint density at radius 2 is 1.46 bits per heavy atom. The lowest BCUT2D eigenvalue weighted by Gasteiger charge is -2.05. The fourth-order valence-electron chi connectivity index (χ4n) is 0.655. The van der Waals surface area contributed by atoms with Gasteiger partial charge in [0, 0.05) is 6.61 Å². The lowest BCUT2D eigenvalue weighted by molar-refractivity contribution is -0.0183. The Kier molecular flexibility index (Phi) is 9.63. The van der Waals surface area contributed by atoms with Gasteiger partial charge in [0.2, 0.25) is 0 Å². The van der Waals surface area contributed by atoms with Gasteiger partial charge in [-0.25, -0.2) is 8.78 Å². The van der Waals surface area contributed by atoms with Crippen molar-refractivity contribution in [3.05, 3.63) is 0 Å². The molecular formula is C8H16F2O3. The Balaban J connectivity index is 2.84. The summed E-state index contributed by atoms with van der Waals surface area (Å²) in [6.07, 6.45) is -2.40. The smallest absolute Gasteiger partial charge is 0.261 e. The van der Waals surface area contributed by atoms with E-state index in [4.69, 9.17) is 9.47 Å². The van der Waals surface area contributed by atoms with Gasteiger partial charge in [0.05, 0.1) is 26.4 Å². The summed E-state index contributed by atoms with van der Waals surface area (Å²) >= 11 is 0. The summed E-state index contributed by atoms with van der Waals surface area (Å²) in [5.74, 6) is 0. The number of rotatable bonds is 9. The van der Waals surface area contributed by atoms with Gasteiger partial charge in [-0.1, -0.05) is 0 Å². The average Bonchev–Trinajstić information content (AvgIpc) is 2.09. The normalized spacial score (nSPS) is 11.1. The molecule has 0 radical (unpaired) electrons. The molecule has 80 valence electrons. The van der Waals surface area contributed by atoms with E-state index in [2.05, 4.69) is 4.74 Å². The Hall–Kier alpha value is -0.260. The van der Waals surface area contributed by atoms with Gasteiger partial charge in [-0.15, -0.1) is 0 Å². The predicted octanol–water partition coefficient (Wildman–Crippen LogP) is 1.32. The van der Waals surface area contributed by atoms with E-state index in [0.29, 0.717) is 26.4 Å². The van der Waals surface area contributed by atoms with Crippen LogP contribution >= 0.6 is 0 Å². The molecule has 0 amide bonds. The van der Waals surface area contributed by atoms with Crippen LogP contribution in [0, 0.1) is 0 Å². The van der Waals surface area contributed by atoms with Crippen molar-refractivity contribution in [3.8, 4) is 0 Å². The van der Waals surface area contributed by atoms with E-state index in [1.165, 1.54) is 0 Å². The number of halogens is 2. The maximum Gasteiger partial charge on any atom is 0.261 e. The molecule has 0 saturated carbocycles. The summed E-state index contributed by atoms with van der Waals surface area (Å²) < 4.78 is 37.7. The van der Waals surface area contributed by atoms with E-state index in [1.54, 1.807) is 0 Å². The first-order valence-corrected chi connectivity index (χ1v) is 4.28.